The maximum atomic E-state index is 13.0. The second-order valence-corrected chi connectivity index (χ2v) is 9.09. The van der Waals surface area contributed by atoms with E-state index in [1.807, 2.05) is 31.2 Å². The Bertz CT molecular complexity index is 940. The Labute approximate surface area is 169 Å². The number of rotatable bonds is 6. The average molecular weight is 421 g/mol. The molecule has 0 bridgehead atoms. The quantitative estimate of drug-likeness (QED) is 0.544. The fourth-order valence-electron chi connectivity index (χ4n) is 3.22. The molecule has 1 aliphatic heterocycles. The summed E-state index contributed by atoms with van der Waals surface area (Å²) in [6.07, 6.45) is 0.0816. The molecule has 2 N–H and O–H groups in total. The van der Waals surface area contributed by atoms with Crippen LogP contribution in [-0.4, -0.2) is 48.4 Å². The molecule has 3 rings (SSSR count). The largest absolute Gasteiger partial charge is 0.489 e. The molecule has 1 heterocycles. The number of hydrogen-bond acceptors (Lipinski definition) is 7. The Morgan fingerprint density at radius 1 is 1.14 bits per heavy atom. The molecule has 0 saturated carbocycles. The first-order valence-corrected chi connectivity index (χ1v) is 10.7. The number of amides is 1. The molecule has 156 valence electrons. The van der Waals surface area contributed by atoms with Crippen LogP contribution in [-0.2, 0) is 26.0 Å². The molecular formula is C20H23NO7S. The van der Waals surface area contributed by atoms with Crippen molar-refractivity contribution in [1.82, 2.24) is 5.23 Å². The van der Waals surface area contributed by atoms with Crippen molar-refractivity contribution in [3.05, 3.63) is 59.7 Å². The predicted octanol–water partition coefficient (Wildman–Crippen LogP) is 2.36. The van der Waals surface area contributed by atoms with Gasteiger partial charge >= 0.3 is 0 Å². The van der Waals surface area contributed by atoms with Crippen LogP contribution in [0.5, 0.6) is 5.75 Å². The second-order valence-electron chi connectivity index (χ2n) is 6.93. The van der Waals surface area contributed by atoms with Crippen LogP contribution in [0, 0.1) is 12.8 Å². The summed E-state index contributed by atoms with van der Waals surface area (Å²) in [6, 6.07) is 13.9. The molecule has 29 heavy (non-hydrogen) atoms. The first kappa shape index (κ1) is 21.3. The van der Waals surface area contributed by atoms with Crippen molar-refractivity contribution in [2.24, 2.45) is 5.92 Å². The van der Waals surface area contributed by atoms with Crippen LogP contribution in [0.2, 0.25) is 0 Å². The third kappa shape index (κ3) is 4.94. The molecule has 1 aliphatic rings. The van der Waals surface area contributed by atoms with E-state index >= 15 is 0 Å². The van der Waals surface area contributed by atoms with Gasteiger partial charge in [0.05, 0.1) is 22.7 Å². The molecule has 8 nitrogen and oxygen atoms in total. The fourth-order valence-corrected chi connectivity index (χ4v) is 5.12. The second kappa shape index (κ2) is 8.91. The first-order chi connectivity index (χ1) is 13.8. The van der Waals surface area contributed by atoms with Crippen molar-refractivity contribution in [2.45, 2.75) is 30.1 Å². The van der Waals surface area contributed by atoms with Crippen LogP contribution < -0.4 is 4.74 Å². The van der Waals surface area contributed by atoms with E-state index in [1.54, 1.807) is 12.1 Å². The van der Waals surface area contributed by atoms with E-state index in [-0.39, 0.29) is 24.5 Å². The van der Waals surface area contributed by atoms with Gasteiger partial charge in [0.15, 0.2) is 9.84 Å². The van der Waals surface area contributed by atoms with E-state index in [0.717, 1.165) is 11.1 Å². The lowest BCUT2D eigenvalue weighted by Gasteiger charge is -2.30. The molecule has 2 aromatic carbocycles. The van der Waals surface area contributed by atoms with Crippen molar-refractivity contribution in [3.8, 4) is 5.75 Å². The summed E-state index contributed by atoms with van der Waals surface area (Å²) in [4.78, 5) is 12.0. The van der Waals surface area contributed by atoms with Gasteiger partial charge in [-0.1, -0.05) is 35.1 Å². The van der Waals surface area contributed by atoms with Crippen LogP contribution in [0.15, 0.2) is 53.4 Å². The number of hydroxylamine groups is 2. The monoisotopic (exact) mass is 421 g/mol. The van der Waals surface area contributed by atoms with Crippen molar-refractivity contribution < 1.29 is 33.1 Å². The molecule has 0 radical (unpaired) electrons. The number of nitrogens with zero attached hydrogens (tertiary/aromatic N) is 1. The number of carbonyl (C=O) groups is 1. The smallest absolute Gasteiger partial charge is 0.279 e. The average Bonchev–Trinajstić information content (AvgIpc) is 2.73. The summed E-state index contributed by atoms with van der Waals surface area (Å²) in [7, 11) is -3.88. The van der Waals surface area contributed by atoms with Gasteiger partial charge in [0.25, 0.3) is 5.91 Å². The van der Waals surface area contributed by atoms with E-state index in [9.17, 15) is 13.2 Å². The van der Waals surface area contributed by atoms with Gasteiger partial charge in [0.1, 0.15) is 12.4 Å². The molecule has 2 aromatic rings. The number of sulfone groups is 1. The highest BCUT2D eigenvalue weighted by molar-refractivity contribution is 7.92. The highest BCUT2D eigenvalue weighted by Crippen LogP contribution is 2.30. The van der Waals surface area contributed by atoms with Gasteiger partial charge in [-0.05, 0) is 43.2 Å². The lowest BCUT2D eigenvalue weighted by Crippen LogP contribution is -2.46. The van der Waals surface area contributed by atoms with E-state index < -0.39 is 32.1 Å². The SMILES string of the molecule is Cc1ccc(COc2ccc(S(=O)(=O)C3CCOCC3C(=O)N(O)O)cc2)cc1. The summed E-state index contributed by atoms with van der Waals surface area (Å²) in [5, 5.41) is 16.3. The number of hydrogen-bond donors (Lipinski definition) is 2. The van der Waals surface area contributed by atoms with Crippen LogP contribution in [0.3, 0.4) is 0 Å². The summed E-state index contributed by atoms with van der Waals surface area (Å²) in [5.41, 5.74) is 2.15. The maximum Gasteiger partial charge on any atom is 0.279 e. The Morgan fingerprint density at radius 2 is 1.79 bits per heavy atom. The van der Waals surface area contributed by atoms with Crippen LogP contribution in [0.4, 0.5) is 0 Å². The van der Waals surface area contributed by atoms with Crippen LogP contribution >= 0.6 is 0 Å². The van der Waals surface area contributed by atoms with Crippen LogP contribution in [0.1, 0.15) is 17.5 Å². The molecule has 2 unspecified atom stereocenters. The van der Waals surface area contributed by atoms with E-state index in [0.29, 0.717) is 12.4 Å². The minimum Gasteiger partial charge on any atom is -0.489 e. The van der Waals surface area contributed by atoms with E-state index in [2.05, 4.69) is 0 Å². The normalized spacial score (nSPS) is 19.6. The topological polar surface area (TPSA) is 113 Å². The van der Waals surface area contributed by atoms with Crippen molar-refractivity contribution in [2.75, 3.05) is 13.2 Å². The number of benzene rings is 2. The third-order valence-electron chi connectivity index (χ3n) is 4.88. The fraction of sp³-hybridized carbons (Fsp3) is 0.350. The standard InChI is InChI=1S/C20H23NO7S/c1-14-2-4-15(5-3-14)12-28-16-6-8-17(9-7-16)29(25,26)19-10-11-27-13-18(19)20(22)21(23)24/h2-9,18-19,23-24H,10-13H2,1H3. The molecule has 0 spiro atoms. The van der Waals surface area contributed by atoms with Crippen molar-refractivity contribution >= 4 is 15.7 Å². The molecule has 1 saturated heterocycles. The maximum absolute atomic E-state index is 13.0. The van der Waals surface area contributed by atoms with Gasteiger partial charge in [0, 0.05) is 6.61 Å². The minimum atomic E-state index is -3.88. The highest BCUT2D eigenvalue weighted by Gasteiger charge is 2.42. The van der Waals surface area contributed by atoms with Crippen molar-refractivity contribution in [3.63, 3.8) is 0 Å². The van der Waals surface area contributed by atoms with Gasteiger partial charge in [0.2, 0.25) is 0 Å². The lowest BCUT2D eigenvalue weighted by atomic mass is 10.0. The van der Waals surface area contributed by atoms with Crippen molar-refractivity contribution in [1.29, 1.82) is 0 Å². The Kier molecular flexibility index (Phi) is 6.53. The molecule has 9 heteroatoms. The number of aryl methyl sites for hydroxylation is 1. The molecular weight excluding hydrogens is 398 g/mol. The Balaban J connectivity index is 1.73. The lowest BCUT2D eigenvalue weighted by molar-refractivity contribution is -0.289. The van der Waals surface area contributed by atoms with Gasteiger partial charge < -0.3 is 9.47 Å². The number of ether oxygens (including phenoxy) is 2. The minimum absolute atomic E-state index is 0.0346. The van der Waals surface area contributed by atoms with Gasteiger partial charge in [-0.2, -0.15) is 0 Å². The summed E-state index contributed by atoms with van der Waals surface area (Å²) >= 11 is 0. The zero-order chi connectivity index (χ0) is 21.0. The Morgan fingerprint density at radius 3 is 2.41 bits per heavy atom. The predicted molar refractivity (Wildman–Crippen MR) is 102 cm³/mol. The van der Waals surface area contributed by atoms with Crippen LogP contribution in [0.25, 0.3) is 0 Å². The molecule has 0 aliphatic carbocycles. The molecule has 1 amide bonds. The van der Waals surface area contributed by atoms with E-state index in [4.69, 9.17) is 19.9 Å². The van der Waals surface area contributed by atoms with Gasteiger partial charge in [-0.25, -0.2) is 8.42 Å². The Hall–Kier alpha value is -2.46. The summed E-state index contributed by atoms with van der Waals surface area (Å²) < 4.78 is 36.9. The molecule has 1 fully saturated rings. The molecule has 2 atom stereocenters. The first-order valence-electron chi connectivity index (χ1n) is 9.11. The number of carbonyl (C=O) groups excluding carboxylic acids is 1. The zero-order valence-corrected chi connectivity index (χ0v) is 16.7. The highest BCUT2D eigenvalue weighted by atomic mass is 32.2. The molecule has 0 aromatic heterocycles. The summed E-state index contributed by atoms with van der Waals surface area (Å²) in [6.45, 7) is 2.32. The van der Waals surface area contributed by atoms with E-state index in [1.165, 1.54) is 12.1 Å². The summed E-state index contributed by atoms with van der Waals surface area (Å²) in [5.74, 6) is -1.79. The third-order valence-corrected chi connectivity index (χ3v) is 7.17. The van der Waals surface area contributed by atoms with Gasteiger partial charge in [-0.15, -0.1) is 0 Å². The van der Waals surface area contributed by atoms with Gasteiger partial charge in [-0.3, -0.25) is 15.2 Å². The zero-order valence-electron chi connectivity index (χ0n) is 15.9.